The highest BCUT2D eigenvalue weighted by atomic mass is 35.5. The van der Waals surface area contributed by atoms with Gasteiger partial charge >= 0.3 is 0 Å². The van der Waals surface area contributed by atoms with Crippen molar-refractivity contribution in [3.05, 3.63) is 64.7 Å². The Balaban J connectivity index is 2.31. The quantitative estimate of drug-likeness (QED) is 0.503. The van der Waals surface area contributed by atoms with Gasteiger partial charge in [-0.15, -0.1) is 0 Å². The van der Waals surface area contributed by atoms with Crippen LogP contribution in [-0.2, 0) is 26.0 Å². The SMILES string of the molecule is Cc1ccc(N(CC(=O)N(CCc2ccccc2)C(C)C(=O)NCC(C)C)S(C)(=O)=O)cc1Cl. The molecule has 0 aliphatic heterocycles. The van der Waals surface area contributed by atoms with Gasteiger partial charge in [0.15, 0.2) is 0 Å². The van der Waals surface area contributed by atoms with E-state index < -0.39 is 28.5 Å². The van der Waals surface area contributed by atoms with Crippen molar-refractivity contribution in [3.8, 4) is 0 Å². The van der Waals surface area contributed by atoms with Gasteiger partial charge in [-0.25, -0.2) is 8.42 Å². The van der Waals surface area contributed by atoms with E-state index in [0.29, 0.717) is 23.7 Å². The van der Waals surface area contributed by atoms with Crippen LogP contribution < -0.4 is 9.62 Å². The monoisotopic (exact) mass is 507 g/mol. The smallest absolute Gasteiger partial charge is 0.244 e. The Morgan fingerprint density at radius 2 is 1.71 bits per heavy atom. The third-order valence-electron chi connectivity index (χ3n) is 5.46. The second-order valence-electron chi connectivity index (χ2n) is 8.84. The number of halogens is 1. The van der Waals surface area contributed by atoms with Crippen molar-refractivity contribution < 1.29 is 18.0 Å². The van der Waals surface area contributed by atoms with E-state index >= 15 is 0 Å². The van der Waals surface area contributed by atoms with E-state index in [2.05, 4.69) is 5.32 Å². The maximum atomic E-state index is 13.4. The van der Waals surface area contributed by atoms with Crippen LogP contribution in [0.5, 0.6) is 0 Å². The fourth-order valence-corrected chi connectivity index (χ4v) is 4.39. The number of anilines is 1. The van der Waals surface area contributed by atoms with E-state index in [1.165, 1.54) is 11.0 Å². The van der Waals surface area contributed by atoms with Crippen LogP contribution >= 0.6 is 11.6 Å². The van der Waals surface area contributed by atoms with Crippen molar-refractivity contribution in [3.63, 3.8) is 0 Å². The first-order valence-corrected chi connectivity index (χ1v) is 13.5. The summed E-state index contributed by atoms with van der Waals surface area (Å²) in [7, 11) is -3.78. The van der Waals surface area contributed by atoms with E-state index in [9.17, 15) is 18.0 Å². The molecular formula is C25H34ClN3O4S. The third-order valence-corrected chi connectivity index (χ3v) is 7.01. The number of carbonyl (C=O) groups is 2. The number of amides is 2. The fraction of sp³-hybridized carbons (Fsp3) is 0.440. The van der Waals surface area contributed by atoms with Crippen molar-refractivity contribution in [1.29, 1.82) is 0 Å². The van der Waals surface area contributed by atoms with Crippen molar-refractivity contribution in [2.75, 3.05) is 30.2 Å². The van der Waals surface area contributed by atoms with Crippen LogP contribution in [0.2, 0.25) is 5.02 Å². The molecule has 0 radical (unpaired) electrons. The molecule has 0 aromatic heterocycles. The van der Waals surface area contributed by atoms with Crippen molar-refractivity contribution in [1.82, 2.24) is 10.2 Å². The van der Waals surface area contributed by atoms with Gasteiger partial charge in [0, 0.05) is 18.1 Å². The number of nitrogens with zero attached hydrogens (tertiary/aromatic N) is 2. The minimum absolute atomic E-state index is 0.261. The number of aryl methyl sites for hydroxylation is 1. The minimum atomic E-state index is -3.78. The van der Waals surface area contributed by atoms with Gasteiger partial charge in [0.05, 0.1) is 11.9 Å². The van der Waals surface area contributed by atoms with Crippen LogP contribution in [0.1, 0.15) is 31.9 Å². The molecule has 0 aliphatic carbocycles. The summed E-state index contributed by atoms with van der Waals surface area (Å²) in [5.41, 5.74) is 2.11. The van der Waals surface area contributed by atoms with Crippen LogP contribution in [0, 0.1) is 12.8 Å². The standard InChI is InChI=1S/C25H34ClN3O4S/c1-18(2)16-27-25(31)20(4)28(14-13-21-9-7-6-8-10-21)24(30)17-29(34(5,32)33)22-12-11-19(3)23(26)15-22/h6-12,15,18,20H,13-14,16-17H2,1-5H3,(H,27,31). The fourth-order valence-electron chi connectivity index (χ4n) is 3.37. The third kappa shape index (κ3) is 8.02. The van der Waals surface area contributed by atoms with Gasteiger partial charge in [0.25, 0.3) is 0 Å². The summed E-state index contributed by atoms with van der Waals surface area (Å²) >= 11 is 6.21. The molecule has 1 atom stereocenters. The Morgan fingerprint density at radius 1 is 1.06 bits per heavy atom. The molecule has 0 heterocycles. The van der Waals surface area contributed by atoms with Crippen LogP contribution in [0.3, 0.4) is 0 Å². The summed E-state index contributed by atoms with van der Waals surface area (Å²) in [5, 5.41) is 3.27. The molecule has 2 amide bonds. The first-order chi connectivity index (χ1) is 15.9. The molecule has 0 saturated carbocycles. The van der Waals surface area contributed by atoms with Crippen molar-refractivity contribution in [2.24, 2.45) is 5.92 Å². The Kier molecular flexibility index (Phi) is 9.94. The Morgan fingerprint density at radius 3 is 2.26 bits per heavy atom. The molecule has 0 spiro atoms. The summed E-state index contributed by atoms with van der Waals surface area (Å²) < 4.78 is 26.2. The number of benzene rings is 2. The van der Waals surface area contributed by atoms with Gasteiger partial charge < -0.3 is 10.2 Å². The largest absolute Gasteiger partial charge is 0.354 e. The Bertz CT molecular complexity index is 1090. The molecule has 9 heteroatoms. The lowest BCUT2D eigenvalue weighted by atomic mass is 10.1. The van der Waals surface area contributed by atoms with Gasteiger partial charge in [-0.2, -0.15) is 0 Å². The molecule has 2 aromatic carbocycles. The number of hydrogen-bond donors (Lipinski definition) is 1. The number of carbonyl (C=O) groups excluding carboxylic acids is 2. The number of hydrogen-bond acceptors (Lipinski definition) is 4. The van der Waals surface area contributed by atoms with Crippen LogP contribution in [0.25, 0.3) is 0 Å². The van der Waals surface area contributed by atoms with Gasteiger partial charge in [0.2, 0.25) is 21.8 Å². The normalized spacial score (nSPS) is 12.3. The highest BCUT2D eigenvalue weighted by Crippen LogP contribution is 2.25. The van der Waals surface area contributed by atoms with E-state index in [1.54, 1.807) is 19.1 Å². The average molecular weight is 508 g/mol. The van der Waals surface area contributed by atoms with E-state index in [-0.39, 0.29) is 18.4 Å². The Labute approximate surface area is 208 Å². The highest BCUT2D eigenvalue weighted by molar-refractivity contribution is 7.92. The minimum Gasteiger partial charge on any atom is -0.354 e. The maximum Gasteiger partial charge on any atom is 0.244 e. The summed E-state index contributed by atoms with van der Waals surface area (Å²) in [6, 6.07) is 13.7. The van der Waals surface area contributed by atoms with Crippen LogP contribution in [-0.4, -0.2) is 57.1 Å². The first kappa shape index (κ1) is 27.7. The summed E-state index contributed by atoms with van der Waals surface area (Å²) in [4.78, 5) is 27.7. The summed E-state index contributed by atoms with van der Waals surface area (Å²) in [6.07, 6.45) is 1.57. The Hall–Kier alpha value is -2.58. The van der Waals surface area contributed by atoms with E-state index in [4.69, 9.17) is 11.6 Å². The molecule has 7 nitrogen and oxygen atoms in total. The van der Waals surface area contributed by atoms with Gasteiger partial charge in [-0.05, 0) is 49.4 Å². The molecule has 1 N–H and O–H groups in total. The zero-order chi connectivity index (χ0) is 25.5. The second kappa shape index (κ2) is 12.2. The van der Waals surface area contributed by atoms with Crippen molar-refractivity contribution >= 4 is 39.1 Å². The molecular weight excluding hydrogens is 474 g/mol. The molecule has 2 aromatic rings. The number of sulfonamides is 1. The lowest BCUT2D eigenvalue weighted by molar-refractivity contribution is -0.138. The average Bonchev–Trinajstić information content (AvgIpc) is 2.77. The lowest BCUT2D eigenvalue weighted by Crippen LogP contribution is -2.52. The second-order valence-corrected chi connectivity index (χ2v) is 11.2. The van der Waals surface area contributed by atoms with Gasteiger partial charge in [-0.3, -0.25) is 13.9 Å². The predicted octanol–water partition coefficient (Wildman–Crippen LogP) is 3.65. The molecule has 0 bridgehead atoms. The molecule has 0 aliphatic rings. The molecule has 0 saturated heterocycles. The number of rotatable bonds is 11. The zero-order valence-corrected chi connectivity index (χ0v) is 22.0. The summed E-state index contributed by atoms with van der Waals surface area (Å²) in [5.74, 6) is -0.485. The number of nitrogens with one attached hydrogen (secondary N) is 1. The lowest BCUT2D eigenvalue weighted by Gasteiger charge is -2.31. The molecule has 2 rings (SSSR count). The molecule has 0 fully saturated rings. The van der Waals surface area contributed by atoms with Gasteiger partial charge in [0.1, 0.15) is 12.6 Å². The van der Waals surface area contributed by atoms with E-state index in [0.717, 1.165) is 21.7 Å². The zero-order valence-electron chi connectivity index (χ0n) is 20.4. The van der Waals surface area contributed by atoms with Crippen molar-refractivity contribution in [2.45, 2.75) is 40.2 Å². The van der Waals surface area contributed by atoms with Crippen LogP contribution in [0.4, 0.5) is 5.69 Å². The van der Waals surface area contributed by atoms with Crippen LogP contribution in [0.15, 0.2) is 48.5 Å². The molecule has 186 valence electrons. The van der Waals surface area contributed by atoms with Gasteiger partial charge in [-0.1, -0.05) is 61.8 Å². The molecule has 34 heavy (non-hydrogen) atoms. The maximum absolute atomic E-state index is 13.4. The first-order valence-electron chi connectivity index (χ1n) is 11.2. The topological polar surface area (TPSA) is 86.8 Å². The predicted molar refractivity (Wildman–Crippen MR) is 138 cm³/mol. The van der Waals surface area contributed by atoms with E-state index in [1.807, 2.05) is 51.1 Å². The summed E-state index contributed by atoms with van der Waals surface area (Å²) in [6.45, 7) is 7.76. The highest BCUT2D eigenvalue weighted by Gasteiger charge is 2.30. The molecule has 1 unspecified atom stereocenters.